The van der Waals surface area contributed by atoms with E-state index in [0.29, 0.717) is 11.3 Å². The molecule has 5 aromatic rings. The predicted octanol–water partition coefficient (Wildman–Crippen LogP) is 5.02. The molecule has 0 atom stereocenters. The number of fused-ring (bicyclic) bond motifs is 1. The number of rotatable bonds is 7. The minimum Gasteiger partial charge on any atom is -0.347 e. The van der Waals surface area contributed by atoms with Gasteiger partial charge in [-0.2, -0.15) is 5.10 Å². The van der Waals surface area contributed by atoms with Crippen molar-refractivity contribution in [1.29, 1.82) is 0 Å². The molecule has 170 valence electrons. The molecule has 0 spiro atoms. The summed E-state index contributed by atoms with van der Waals surface area (Å²) < 4.78 is 28.8. The zero-order valence-electron chi connectivity index (χ0n) is 17.9. The second-order valence-corrected chi connectivity index (χ2v) is 10.7. The number of anilines is 1. The van der Waals surface area contributed by atoms with Crippen LogP contribution in [-0.4, -0.2) is 24.5 Å². The molecule has 1 amide bonds. The van der Waals surface area contributed by atoms with E-state index in [1.165, 1.54) is 0 Å². The van der Waals surface area contributed by atoms with Crippen LogP contribution in [0.15, 0.2) is 95.2 Å². The molecule has 0 unspecified atom stereocenters. The number of thiophene rings is 1. The summed E-state index contributed by atoms with van der Waals surface area (Å²) in [5.41, 5.74) is 3.50. The van der Waals surface area contributed by atoms with Gasteiger partial charge in [0.25, 0.3) is 15.9 Å². The van der Waals surface area contributed by atoms with Gasteiger partial charge in [-0.1, -0.05) is 48.5 Å². The number of hydrogen-bond acceptors (Lipinski definition) is 5. The van der Waals surface area contributed by atoms with E-state index < -0.39 is 10.0 Å². The quantitative estimate of drug-likeness (QED) is 0.299. The van der Waals surface area contributed by atoms with E-state index in [1.807, 2.05) is 36.4 Å². The molecule has 0 radical (unpaired) electrons. The maximum Gasteiger partial charge on any atom is 0.271 e. The number of nitrogens with one attached hydrogen (secondary N) is 3. The molecule has 3 N–H and O–H groups in total. The molecular formula is C25H20N4O3S2. The summed E-state index contributed by atoms with van der Waals surface area (Å²) in [6.45, 7) is 0.245. The van der Waals surface area contributed by atoms with E-state index in [2.05, 4.69) is 20.2 Å². The van der Waals surface area contributed by atoms with Crippen LogP contribution in [0.4, 0.5) is 5.69 Å². The van der Waals surface area contributed by atoms with Gasteiger partial charge < -0.3 is 5.32 Å². The molecule has 0 aliphatic carbocycles. The van der Waals surface area contributed by atoms with E-state index in [0.717, 1.165) is 38.4 Å². The summed E-state index contributed by atoms with van der Waals surface area (Å²) in [6.07, 6.45) is 0. The third-order valence-electron chi connectivity index (χ3n) is 5.22. The second kappa shape index (κ2) is 9.12. The molecule has 0 bridgehead atoms. The van der Waals surface area contributed by atoms with Gasteiger partial charge in [0.15, 0.2) is 0 Å². The molecular weight excluding hydrogens is 468 g/mol. The van der Waals surface area contributed by atoms with Crippen molar-refractivity contribution < 1.29 is 13.2 Å². The number of aromatic amines is 1. The van der Waals surface area contributed by atoms with Crippen molar-refractivity contribution in [2.45, 2.75) is 10.8 Å². The maximum atomic E-state index is 13.0. The van der Waals surface area contributed by atoms with Crippen molar-refractivity contribution in [3.05, 3.63) is 101 Å². The minimum atomic E-state index is -3.79. The first-order valence-corrected chi connectivity index (χ1v) is 12.8. The van der Waals surface area contributed by atoms with Crippen molar-refractivity contribution in [2.75, 3.05) is 4.72 Å². The average molecular weight is 489 g/mol. The van der Waals surface area contributed by atoms with Gasteiger partial charge in [-0.25, -0.2) is 8.42 Å². The van der Waals surface area contributed by atoms with Crippen LogP contribution in [0.1, 0.15) is 15.2 Å². The van der Waals surface area contributed by atoms with Crippen LogP contribution in [0.5, 0.6) is 0 Å². The first-order chi connectivity index (χ1) is 16.5. The highest BCUT2D eigenvalue weighted by Crippen LogP contribution is 2.30. The lowest BCUT2D eigenvalue weighted by Gasteiger charge is -2.07. The Morgan fingerprint density at radius 3 is 2.41 bits per heavy atom. The van der Waals surface area contributed by atoms with Crippen LogP contribution in [0.3, 0.4) is 0 Å². The summed E-state index contributed by atoms with van der Waals surface area (Å²) in [7, 11) is -3.79. The van der Waals surface area contributed by atoms with Crippen LogP contribution < -0.4 is 10.0 Å². The van der Waals surface area contributed by atoms with Crippen LogP contribution in [-0.2, 0) is 16.6 Å². The van der Waals surface area contributed by atoms with E-state index >= 15 is 0 Å². The number of amides is 1. The Morgan fingerprint density at radius 1 is 0.912 bits per heavy atom. The molecule has 2 aromatic heterocycles. The Balaban J connectivity index is 1.32. The number of carbonyl (C=O) groups is 1. The van der Waals surface area contributed by atoms with Crippen LogP contribution in [0.25, 0.3) is 22.2 Å². The first kappa shape index (κ1) is 21.9. The van der Waals surface area contributed by atoms with E-state index in [1.54, 1.807) is 54.6 Å². The molecule has 9 heteroatoms. The molecule has 0 aliphatic rings. The zero-order valence-corrected chi connectivity index (χ0v) is 19.5. The highest BCUT2D eigenvalue weighted by atomic mass is 32.2. The number of benzene rings is 3. The summed E-state index contributed by atoms with van der Waals surface area (Å²) >= 11 is 1.12. The van der Waals surface area contributed by atoms with E-state index in [-0.39, 0.29) is 16.7 Å². The molecule has 0 aliphatic heterocycles. The Kier molecular flexibility index (Phi) is 5.87. The molecule has 0 saturated carbocycles. The summed E-state index contributed by atoms with van der Waals surface area (Å²) in [6, 6.07) is 27.1. The normalized spacial score (nSPS) is 11.4. The lowest BCUT2D eigenvalue weighted by Crippen LogP contribution is -2.22. The van der Waals surface area contributed by atoms with Crippen molar-refractivity contribution in [3.63, 3.8) is 0 Å². The highest BCUT2D eigenvalue weighted by molar-refractivity contribution is 7.94. The molecule has 0 fully saturated rings. The van der Waals surface area contributed by atoms with Gasteiger partial charge in [0.2, 0.25) is 0 Å². The topological polar surface area (TPSA) is 104 Å². The van der Waals surface area contributed by atoms with Gasteiger partial charge in [-0.15, -0.1) is 11.3 Å². The van der Waals surface area contributed by atoms with Crippen LogP contribution in [0.2, 0.25) is 0 Å². The van der Waals surface area contributed by atoms with Crippen molar-refractivity contribution in [1.82, 2.24) is 15.5 Å². The SMILES string of the molecule is O=C(NCc1ccc(S(=O)(=O)Nc2ccc3[nH]nc(-c4ccccc4)c3c2)s1)c1ccccc1. The van der Waals surface area contributed by atoms with Gasteiger partial charge >= 0.3 is 0 Å². The third kappa shape index (κ3) is 4.57. The summed E-state index contributed by atoms with van der Waals surface area (Å²) in [5.74, 6) is -0.209. The monoisotopic (exact) mass is 488 g/mol. The third-order valence-corrected chi connectivity index (χ3v) is 8.18. The first-order valence-electron chi connectivity index (χ1n) is 10.5. The number of sulfonamides is 1. The highest BCUT2D eigenvalue weighted by Gasteiger charge is 2.18. The Hall–Kier alpha value is -3.95. The fourth-order valence-electron chi connectivity index (χ4n) is 3.56. The Labute approximate surface area is 200 Å². The second-order valence-electron chi connectivity index (χ2n) is 7.57. The molecule has 0 saturated heterocycles. The average Bonchev–Trinajstić information content (AvgIpc) is 3.51. The van der Waals surface area contributed by atoms with E-state index in [9.17, 15) is 13.2 Å². The standard InChI is InChI=1S/C25H20N4O3S2/c30-25(18-9-5-2-6-10-18)26-16-20-12-14-23(33-20)34(31,32)29-19-11-13-22-21(15-19)24(28-27-22)17-7-3-1-4-8-17/h1-15,29H,16H2,(H,26,30)(H,27,28). The van der Waals surface area contributed by atoms with Gasteiger partial charge in [0, 0.05) is 27.1 Å². The molecule has 3 aromatic carbocycles. The number of hydrogen-bond donors (Lipinski definition) is 3. The number of nitrogens with zero attached hydrogens (tertiary/aromatic N) is 1. The summed E-state index contributed by atoms with van der Waals surface area (Å²) in [5, 5.41) is 11.0. The lowest BCUT2D eigenvalue weighted by atomic mass is 10.1. The smallest absolute Gasteiger partial charge is 0.271 e. The molecule has 5 rings (SSSR count). The number of H-pyrrole nitrogens is 1. The van der Waals surface area contributed by atoms with Gasteiger partial charge in [0.1, 0.15) is 4.21 Å². The van der Waals surface area contributed by atoms with Crippen LogP contribution >= 0.6 is 11.3 Å². The van der Waals surface area contributed by atoms with Gasteiger partial charge in [0.05, 0.1) is 17.8 Å². The molecule has 7 nitrogen and oxygen atoms in total. The predicted molar refractivity (Wildman–Crippen MR) is 134 cm³/mol. The lowest BCUT2D eigenvalue weighted by molar-refractivity contribution is 0.0951. The largest absolute Gasteiger partial charge is 0.347 e. The molecule has 34 heavy (non-hydrogen) atoms. The Bertz CT molecular complexity index is 1560. The number of aromatic nitrogens is 2. The summed E-state index contributed by atoms with van der Waals surface area (Å²) in [4.78, 5) is 13.0. The fraction of sp³-hybridized carbons (Fsp3) is 0.0400. The van der Waals surface area contributed by atoms with Crippen LogP contribution in [0, 0.1) is 0 Å². The zero-order chi connectivity index (χ0) is 23.5. The van der Waals surface area contributed by atoms with Gasteiger partial charge in [-0.05, 0) is 42.5 Å². The van der Waals surface area contributed by atoms with Crippen molar-refractivity contribution in [3.8, 4) is 11.3 Å². The number of carbonyl (C=O) groups excluding carboxylic acids is 1. The Morgan fingerprint density at radius 2 is 1.65 bits per heavy atom. The van der Waals surface area contributed by atoms with Crippen molar-refractivity contribution >= 4 is 43.9 Å². The van der Waals surface area contributed by atoms with Crippen molar-refractivity contribution in [2.24, 2.45) is 0 Å². The van der Waals surface area contributed by atoms with E-state index in [4.69, 9.17) is 0 Å². The molecule has 2 heterocycles. The minimum absolute atomic E-state index is 0.173. The van der Waals surface area contributed by atoms with Gasteiger partial charge in [-0.3, -0.25) is 14.6 Å². The maximum absolute atomic E-state index is 13.0. The fourth-order valence-corrected chi connectivity index (χ4v) is 5.90.